The van der Waals surface area contributed by atoms with Gasteiger partial charge in [-0.2, -0.15) is 11.8 Å². The fourth-order valence-corrected chi connectivity index (χ4v) is 2.51. The van der Waals surface area contributed by atoms with E-state index in [-0.39, 0.29) is 0 Å². The van der Waals surface area contributed by atoms with Crippen molar-refractivity contribution >= 4 is 17.7 Å². The molecule has 1 aliphatic heterocycles. The Balaban J connectivity index is 2.27. The van der Waals surface area contributed by atoms with Gasteiger partial charge >= 0.3 is 0 Å². The van der Waals surface area contributed by atoms with E-state index in [4.69, 9.17) is 5.73 Å². The summed E-state index contributed by atoms with van der Waals surface area (Å²) in [5.74, 6) is 1.94. The monoisotopic (exact) mass is 201 g/mol. The van der Waals surface area contributed by atoms with E-state index in [1.54, 1.807) is 0 Å². The summed E-state index contributed by atoms with van der Waals surface area (Å²) in [6, 6.07) is 0. The van der Waals surface area contributed by atoms with Crippen LogP contribution in [0.4, 0.5) is 0 Å². The Morgan fingerprint density at radius 2 is 2.31 bits per heavy atom. The van der Waals surface area contributed by atoms with Crippen molar-refractivity contribution in [1.82, 2.24) is 4.90 Å². The molecule has 3 nitrogen and oxygen atoms in total. The summed E-state index contributed by atoms with van der Waals surface area (Å²) in [5, 5.41) is 0.701. The van der Waals surface area contributed by atoms with Gasteiger partial charge in [0.05, 0.1) is 6.54 Å². The Hall–Kier alpha value is -0.380. The Morgan fingerprint density at radius 1 is 1.54 bits per heavy atom. The van der Waals surface area contributed by atoms with Crippen LogP contribution in [0.25, 0.3) is 0 Å². The molecule has 1 atom stereocenters. The minimum atomic E-state index is 0.645. The third-order valence-electron chi connectivity index (χ3n) is 2.19. The zero-order chi connectivity index (χ0) is 9.68. The quantitative estimate of drug-likeness (QED) is 0.538. The van der Waals surface area contributed by atoms with Crippen LogP contribution in [0.15, 0.2) is 4.99 Å². The zero-order valence-corrected chi connectivity index (χ0v) is 9.31. The second-order valence-electron chi connectivity index (χ2n) is 3.58. The maximum atomic E-state index is 5.70. The second-order valence-corrected chi connectivity index (χ2v) is 4.99. The van der Waals surface area contributed by atoms with Gasteiger partial charge in [0.1, 0.15) is 0 Å². The van der Waals surface area contributed by atoms with Gasteiger partial charge in [0, 0.05) is 19.3 Å². The van der Waals surface area contributed by atoms with E-state index in [9.17, 15) is 0 Å². The predicted octanol–water partition coefficient (Wildman–Crippen LogP) is 1.15. The molecule has 1 rings (SSSR count). The first-order chi connectivity index (χ1) is 6.20. The molecule has 0 aliphatic carbocycles. The lowest BCUT2D eigenvalue weighted by molar-refractivity contribution is 0.603. The van der Waals surface area contributed by atoms with Crippen LogP contribution >= 0.6 is 11.8 Å². The van der Waals surface area contributed by atoms with E-state index in [0.717, 1.165) is 6.54 Å². The normalized spacial score (nSPS) is 24.5. The second kappa shape index (κ2) is 5.37. The molecule has 1 saturated heterocycles. The summed E-state index contributed by atoms with van der Waals surface area (Å²) in [5.41, 5.74) is 5.70. The van der Waals surface area contributed by atoms with E-state index in [2.05, 4.69) is 4.99 Å². The molecule has 0 aromatic heterocycles. The molecule has 1 aliphatic rings. The Bertz CT molecular complexity index is 174. The molecule has 0 aromatic carbocycles. The van der Waals surface area contributed by atoms with Gasteiger partial charge in [-0.3, -0.25) is 4.99 Å². The van der Waals surface area contributed by atoms with Crippen molar-refractivity contribution in [3.05, 3.63) is 0 Å². The molecule has 0 aromatic rings. The number of guanidine groups is 1. The fourth-order valence-electron chi connectivity index (χ4n) is 1.29. The van der Waals surface area contributed by atoms with Crippen LogP contribution in [-0.2, 0) is 0 Å². The predicted molar refractivity (Wildman–Crippen MR) is 60.3 cm³/mol. The Labute approximate surface area is 84.8 Å². The first-order valence-corrected chi connectivity index (χ1v) is 5.84. The molecule has 76 valence electrons. The standard InChI is InChI=1S/C9H19N3S/c1-12(2)9(10)11-7-8-5-3-4-6-13-8/h8H,3-7H2,1-2H3,(H2,10,11)/t8-/m0/s1. The number of nitrogens with two attached hydrogens (primary N) is 1. The van der Waals surface area contributed by atoms with Gasteiger partial charge in [-0.25, -0.2) is 0 Å². The topological polar surface area (TPSA) is 41.6 Å². The summed E-state index contributed by atoms with van der Waals surface area (Å²) in [6.07, 6.45) is 4.03. The van der Waals surface area contributed by atoms with Gasteiger partial charge in [-0.05, 0) is 18.6 Å². The summed E-state index contributed by atoms with van der Waals surface area (Å²) in [4.78, 5) is 6.20. The first-order valence-electron chi connectivity index (χ1n) is 4.79. The summed E-state index contributed by atoms with van der Waals surface area (Å²) >= 11 is 2.04. The highest BCUT2D eigenvalue weighted by atomic mass is 32.2. The largest absolute Gasteiger partial charge is 0.370 e. The highest BCUT2D eigenvalue weighted by molar-refractivity contribution is 7.99. The maximum absolute atomic E-state index is 5.70. The van der Waals surface area contributed by atoms with Crippen molar-refractivity contribution < 1.29 is 0 Å². The van der Waals surface area contributed by atoms with Crippen LogP contribution < -0.4 is 5.73 Å². The molecule has 0 amide bonds. The van der Waals surface area contributed by atoms with Gasteiger partial charge in [-0.1, -0.05) is 6.42 Å². The maximum Gasteiger partial charge on any atom is 0.190 e. The van der Waals surface area contributed by atoms with Crippen LogP contribution in [0, 0.1) is 0 Å². The van der Waals surface area contributed by atoms with Crippen molar-refractivity contribution in [2.75, 3.05) is 26.4 Å². The van der Waals surface area contributed by atoms with Crippen molar-refractivity contribution in [1.29, 1.82) is 0 Å². The lowest BCUT2D eigenvalue weighted by Crippen LogP contribution is -2.31. The highest BCUT2D eigenvalue weighted by Gasteiger charge is 2.13. The lowest BCUT2D eigenvalue weighted by atomic mass is 10.2. The average Bonchev–Trinajstić information content (AvgIpc) is 2.15. The molecular weight excluding hydrogens is 182 g/mol. The number of hydrogen-bond donors (Lipinski definition) is 1. The smallest absolute Gasteiger partial charge is 0.190 e. The van der Waals surface area contributed by atoms with Crippen LogP contribution in [0.3, 0.4) is 0 Å². The number of aliphatic imine (C=N–C) groups is 1. The van der Waals surface area contributed by atoms with E-state index in [0.29, 0.717) is 11.2 Å². The van der Waals surface area contributed by atoms with Crippen LogP contribution in [0.1, 0.15) is 19.3 Å². The SMILES string of the molecule is CN(C)C(N)=NC[C@@H]1CCCCS1. The first kappa shape index (κ1) is 10.7. The minimum absolute atomic E-state index is 0.645. The molecule has 13 heavy (non-hydrogen) atoms. The molecule has 0 radical (unpaired) electrons. The van der Waals surface area contributed by atoms with Gasteiger partial charge < -0.3 is 10.6 Å². The highest BCUT2D eigenvalue weighted by Crippen LogP contribution is 2.24. The molecular formula is C9H19N3S. The number of rotatable bonds is 2. The van der Waals surface area contributed by atoms with Crippen LogP contribution in [-0.4, -0.2) is 42.5 Å². The Kier molecular flexibility index (Phi) is 4.42. The molecule has 1 heterocycles. The molecule has 0 saturated carbocycles. The Morgan fingerprint density at radius 3 is 2.85 bits per heavy atom. The third-order valence-corrected chi connectivity index (χ3v) is 3.57. The molecule has 2 N–H and O–H groups in total. The molecule has 0 spiro atoms. The number of thioether (sulfide) groups is 1. The lowest BCUT2D eigenvalue weighted by Gasteiger charge is -2.20. The van der Waals surface area contributed by atoms with E-state index in [1.807, 2.05) is 30.8 Å². The van der Waals surface area contributed by atoms with Gasteiger partial charge in [0.2, 0.25) is 0 Å². The molecule has 0 unspecified atom stereocenters. The van der Waals surface area contributed by atoms with Crippen molar-refractivity contribution in [3.63, 3.8) is 0 Å². The summed E-state index contributed by atoms with van der Waals surface area (Å²) < 4.78 is 0. The molecule has 4 heteroatoms. The average molecular weight is 201 g/mol. The third kappa shape index (κ3) is 3.89. The van der Waals surface area contributed by atoms with E-state index >= 15 is 0 Å². The van der Waals surface area contributed by atoms with Gasteiger partial charge in [0.15, 0.2) is 5.96 Å². The van der Waals surface area contributed by atoms with Crippen LogP contribution in [0.2, 0.25) is 0 Å². The van der Waals surface area contributed by atoms with Crippen molar-refractivity contribution in [3.8, 4) is 0 Å². The number of hydrogen-bond acceptors (Lipinski definition) is 2. The van der Waals surface area contributed by atoms with E-state index < -0.39 is 0 Å². The van der Waals surface area contributed by atoms with Gasteiger partial charge in [0.25, 0.3) is 0 Å². The zero-order valence-electron chi connectivity index (χ0n) is 8.49. The number of nitrogens with zero attached hydrogens (tertiary/aromatic N) is 2. The summed E-state index contributed by atoms with van der Waals surface area (Å²) in [6.45, 7) is 0.884. The minimum Gasteiger partial charge on any atom is -0.370 e. The molecule has 1 fully saturated rings. The molecule has 0 bridgehead atoms. The van der Waals surface area contributed by atoms with Crippen molar-refractivity contribution in [2.24, 2.45) is 10.7 Å². The fraction of sp³-hybridized carbons (Fsp3) is 0.889. The van der Waals surface area contributed by atoms with Gasteiger partial charge in [-0.15, -0.1) is 0 Å². The van der Waals surface area contributed by atoms with Crippen molar-refractivity contribution in [2.45, 2.75) is 24.5 Å². The van der Waals surface area contributed by atoms with E-state index in [1.165, 1.54) is 25.0 Å². The van der Waals surface area contributed by atoms with Crippen LogP contribution in [0.5, 0.6) is 0 Å². The summed E-state index contributed by atoms with van der Waals surface area (Å²) in [7, 11) is 3.85.